The van der Waals surface area contributed by atoms with Gasteiger partial charge in [0.25, 0.3) is 0 Å². The summed E-state index contributed by atoms with van der Waals surface area (Å²) in [6.45, 7) is 10.8. The Morgan fingerprint density at radius 3 is 2.39 bits per heavy atom. The molecule has 3 rings (SSSR count). The van der Waals surface area contributed by atoms with Crippen molar-refractivity contribution in [2.45, 2.75) is 45.1 Å². The van der Waals surface area contributed by atoms with Gasteiger partial charge in [-0.05, 0) is 62.4 Å². The Bertz CT molecular complexity index is 1170. The second kappa shape index (κ2) is 10.3. The number of carbonyl (C=O) groups excluding carboxylic acids is 1. The quantitative estimate of drug-likeness (QED) is 0.577. The Morgan fingerprint density at radius 1 is 1.18 bits per heavy atom. The molecule has 0 unspecified atom stereocenters. The molecule has 0 atom stereocenters. The fraction of sp³-hybridized carbons (Fsp3) is 0.385. The molecule has 2 aromatic rings. The Hall–Kier alpha value is -2.95. The number of benzene rings is 2. The van der Waals surface area contributed by atoms with Gasteiger partial charge in [0, 0.05) is 32.1 Å². The summed E-state index contributed by atoms with van der Waals surface area (Å²) in [5.41, 5.74) is 3.98. The predicted molar refractivity (Wildman–Crippen MR) is 129 cm³/mol. The molecule has 6 nitrogen and oxygen atoms in total. The molecular weight excluding hydrogens is 434 g/mol. The van der Waals surface area contributed by atoms with Crippen LogP contribution in [0.25, 0.3) is 0 Å². The van der Waals surface area contributed by atoms with Crippen molar-refractivity contribution in [2.24, 2.45) is 5.92 Å². The second-order valence-electron chi connectivity index (χ2n) is 8.73. The van der Waals surface area contributed by atoms with Crippen LogP contribution in [0.3, 0.4) is 0 Å². The largest absolute Gasteiger partial charge is 0.334 e. The summed E-state index contributed by atoms with van der Waals surface area (Å²) < 4.78 is 28.2. The third-order valence-electron chi connectivity index (χ3n) is 6.10. The lowest BCUT2D eigenvalue weighted by Crippen LogP contribution is -2.44. The van der Waals surface area contributed by atoms with E-state index in [1.807, 2.05) is 45.0 Å². The summed E-state index contributed by atoms with van der Waals surface area (Å²) in [6, 6.07) is 13.1. The number of nitriles is 1. The third-order valence-corrected chi connectivity index (χ3v) is 8.30. The first-order valence-electron chi connectivity index (χ1n) is 11.1. The molecular formula is C26H31N3O3S. The van der Waals surface area contributed by atoms with E-state index in [-0.39, 0.29) is 11.8 Å². The normalized spacial score (nSPS) is 15.1. The average Bonchev–Trinajstić information content (AvgIpc) is 2.77. The van der Waals surface area contributed by atoms with Gasteiger partial charge in [0.05, 0.1) is 16.5 Å². The lowest BCUT2D eigenvalue weighted by molar-refractivity contribution is -0.136. The zero-order valence-electron chi connectivity index (χ0n) is 19.5. The van der Waals surface area contributed by atoms with E-state index in [0.29, 0.717) is 49.5 Å². The van der Waals surface area contributed by atoms with Gasteiger partial charge in [-0.3, -0.25) is 4.79 Å². The molecule has 0 radical (unpaired) electrons. The molecule has 0 aliphatic carbocycles. The van der Waals surface area contributed by atoms with Crippen molar-refractivity contribution in [3.63, 3.8) is 0 Å². The van der Waals surface area contributed by atoms with Crippen molar-refractivity contribution in [3.05, 3.63) is 76.9 Å². The molecule has 0 saturated carbocycles. The Labute approximate surface area is 197 Å². The first-order chi connectivity index (χ1) is 15.7. The number of nitrogens with zero attached hydrogens (tertiary/aromatic N) is 3. The van der Waals surface area contributed by atoms with Gasteiger partial charge in [0.2, 0.25) is 15.9 Å². The highest BCUT2D eigenvalue weighted by atomic mass is 32.2. The monoisotopic (exact) mass is 465 g/mol. The molecule has 1 fully saturated rings. The molecule has 1 saturated heterocycles. The average molecular weight is 466 g/mol. The van der Waals surface area contributed by atoms with Gasteiger partial charge < -0.3 is 4.90 Å². The SMILES string of the molecule is C=CCN(Cc1cccc(C#N)c1)C(=O)C1CCN(S(=O)(=O)c2c(C)cc(C)cc2C)CC1. The van der Waals surface area contributed by atoms with Crippen LogP contribution in [-0.4, -0.2) is 43.2 Å². The number of rotatable bonds is 7. The smallest absolute Gasteiger partial charge is 0.243 e. The minimum absolute atomic E-state index is 0.00277. The molecule has 7 heteroatoms. The maximum Gasteiger partial charge on any atom is 0.243 e. The van der Waals surface area contributed by atoms with Gasteiger partial charge in [-0.25, -0.2) is 8.42 Å². The first kappa shape index (κ1) is 24.7. The van der Waals surface area contributed by atoms with Crippen LogP contribution in [0.1, 0.15) is 40.7 Å². The van der Waals surface area contributed by atoms with Crippen molar-refractivity contribution in [1.82, 2.24) is 9.21 Å². The van der Waals surface area contributed by atoms with Gasteiger partial charge in [-0.2, -0.15) is 9.57 Å². The molecule has 1 aliphatic heterocycles. The molecule has 2 aromatic carbocycles. The van der Waals surface area contributed by atoms with Crippen LogP contribution in [0.2, 0.25) is 0 Å². The second-order valence-corrected chi connectivity index (χ2v) is 10.6. The Balaban J connectivity index is 1.71. The number of hydrogen-bond acceptors (Lipinski definition) is 4. The van der Waals surface area contributed by atoms with Crippen LogP contribution in [-0.2, 0) is 21.4 Å². The number of hydrogen-bond donors (Lipinski definition) is 0. The summed E-state index contributed by atoms with van der Waals surface area (Å²) in [5, 5.41) is 9.13. The van der Waals surface area contributed by atoms with Crippen molar-refractivity contribution < 1.29 is 13.2 Å². The lowest BCUT2D eigenvalue weighted by Gasteiger charge is -2.34. The summed E-state index contributed by atoms with van der Waals surface area (Å²) in [5.74, 6) is -0.243. The zero-order valence-corrected chi connectivity index (χ0v) is 20.4. The van der Waals surface area contributed by atoms with Gasteiger partial charge in [0.1, 0.15) is 0 Å². The number of carbonyl (C=O) groups is 1. The van der Waals surface area contributed by atoms with E-state index in [2.05, 4.69) is 12.6 Å². The topological polar surface area (TPSA) is 81.5 Å². The fourth-order valence-electron chi connectivity index (χ4n) is 4.65. The summed E-state index contributed by atoms with van der Waals surface area (Å²) >= 11 is 0. The van der Waals surface area contributed by atoms with E-state index < -0.39 is 10.0 Å². The maximum absolute atomic E-state index is 13.3. The molecule has 1 amide bonds. The van der Waals surface area contributed by atoms with Crippen molar-refractivity contribution in [2.75, 3.05) is 19.6 Å². The first-order valence-corrected chi connectivity index (χ1v) is 12.6. The molecule has 174 valence electrons. The van der Waals surface area contributed by atoms with Crippen LogP contribution < -0.4 is 0 Å². The van der Waals surface area contributed by atoms with Crippen LogP contribution in [0.4, 0.5) is 0 Å². The zero-order chi connectivity index (χ0) is 24.2. The van der Waals surface area contributed by atoms with E-state index in [1.165, 1.54) is 4.31 Å². The van der Waals surface area contributed by atoms with Crippen molar-refractivity contribution in [1.29, 1.82) is 5.26 Å². The molecule has 33 heavy (non-hydrogen) atoms. The van der Waals surface area contributed by atoms with Gasteiger partial charge >= 0.3 is 0 Å². The number of piperidine rings is 1. The fourth-order valence-corrected chi connectivity index (χ4v) is 6.53. The van der Waals surface area contributed by atoms with Gasteiger partial charge in [-0.15, -0.1) is 6.58 Å². The Kier molecular flexibility index (Phi) is 7.72. The number of amides is 1. The molecule has 0 bridgehead atoms. The minimum Gasteiger partial charge on any atom is -0.334 e. The van der Waals surface area contributed by atoms with Crippen LogP contribution >= 0.6 is 0 Å². The van der Waals surface area contributed by atoms with Gasteiger partial charge in [0.15, 0.2) is 0 Å². The van der Waals surface area contributed by atoms with Crippen molar-refractivity contribution >= 4 is 15.9 Å². The number of sulfonamides is 1. The molecule has 0 aromatic heterocycles. The standard InChI is InChI=1S/C26H31N3O3S/c1-5-11-28(18-23-8-6-7-22(16-23)17-27)26(30)24-9-12-29(13-10-24)33(31,32)25-20(3)14-19(2)15-21(25)4/h5-8,14-16,24H,1,9-13,18H2,2-4H3. The Morgan fingerprint density at radius 2 is 1.82 bits per heavy atom. The van der Waals surface area contributed by atoms with Crippen LogP contribution in [0.5, 0.6) is 0 Å². The van der Waals surface area contributed by atoms with E-state index in [1.54, 1.807) is 23.1 Å². The van der Waals surface area contributed by atoms with Crippen LogP contribution in [0, 0.1) is 38.0 Å². The number of aryl methyl sites for hydroxylation is 3. The van der Waals surface area contributed by atoms with Gasteiger partial charge in [-0.1, -0.05) is 35.9 Å². The van der Waals surface area contributed by atoms with Crippen LogP contribution in [0.15, 0.2) is 53.9 Å². The summed E-state index contributed by atoms with van der Waals surface area (Å²) in [4.78, 5) is 15.4. The highest BCUT2D eigenvalue weighted by Gasteiger charge is 2.35. The van der Waals surface area contributed by atoms with E-state index >= 15 is 0 Å². The summed E-state index contributed by atoms with van der Waals surface area (Å²) in [7, 11) is -3.61. The van der Waals surface area contributed by atoms with E-state index in [9.17, 15) is 13.2 Å². The van der Waals surface area contributed by atoms with E-state index in [0.717, 1.165) is 22.3 Å². The van der Waals surface area contributed by atoms with E-state index in [4.69, 9.17) is 5.26 Å². The molecule has 1 heterocycles. The lowest BCUT2D eigenvalue weighted by atomic mass is 9.96. The minimum atomic E-state index is -3.61. The van der Waals surface area contributed by atoms with Crippen molar-refractivity contribution in [3.8, 4) is 6.07 Å². The summed E-state index contributed by atoms with van der Waals surface area (Å²) in [6.07, 6.45) is 2.65. The predicted octanol–water partition coefficient (Wildman–Crippen LogP) is 4.10. The molecule has 0 N–H and O–H groups in total. The molecule has 1 aliphatic rings. The third kappa shape index (κ3) is 5.52. The maximum atomic E-state index is 13.3. The molecule has 0 spiro atoms. The highest BCUT2D eigenvalue weighted by molar-refractivity contribution is 7.89. The highest BCUT2D eigenvalue weighted by Crippen LogP contribution is 2.29.